The van der Waals surface area contributed by atoms with E-state index >= 15 is 0 Å². The van der Waals surface area contributed by atoms with Gasteiger partial charge in [-0.3, -0.25) is 4.79 Å². The molecule has 60 valence electrons. The predicted octanol–water partition coefficient (Wildman–Crippen LogP) is 1.21. The van der Waals surface area contributed by atoms with Crippen LogP contribution in [-0.2, 0) is 4.79 Å². The van der Waals surface area contributed by atoms with Gasteiger partial charge in [-0.2, -0.15) is 0 Å². The van der Waals surface area contributed by atoms with Crippen molar-refractivity contribution in [2.45, 2.75) is 27.2 Å². The molecule has 1 aliphatic rings. The maximum atomic E-state index is 10.8. The molecular weight excluding hydrogens is 126 g/mol. The van der Waals surface area contributed by atoms with Gasteiger partial charge >= 0.3 is 0 Å². The highest BCUT2D eigenvalue weighted by Crippen LogP contribution is 2.02. The van der Waals surface area contributed by atoms with Crippen molar-refractivity contribution in [2.24, 2.45) is 5.92 Å². The molecule has 0 amide bonds. The molecule has 0 bridgehead atoms. The molecule has 0 aliphatic carbocycles. The fourth-order valence-electron chi connectivity index (χ4n) is 0.890. The Balaban J connectivity index is 0.000000371. The van der Waals surface area contributed by atoms with Gasteiger partial charge in [0.2, 0.25) is 0 Å². The van der Waals surface area contributed by atoms with Gasteiger partial charge in [-0.1, -0.05) is 20.8 Å². The van der Waals surface area contributed by atoms with Crippen LogP contribution < -0.4 is 5.32 Å². The number of rotatable bonds is 0. The lowest BCUT2D eigenvalue weighted by atomic mass is 10.0. The van der Waals surface area contributed by atoms with Crippen LogP contribution in [0, 0.1) is 5.92 Å². The maximum Gasteiger partial charge on any atom is 0.138 e. The van der Waals surface area contributed by atoms with E-state index in [0.717, 1.165) is 19.5 Å². The summed E-state index contributed by atoms with van der Waals surface area (Å²) >= 11 is 0. The highest BCUT2D eigenvalue weighted by atomic mass is 16.1. The summed E-state index contributed by atoms with van der Waals surface area (Å²) in [6.45, 7) is 7.72. The summed E-state index contributed by atoms with van der Waals surface area (Å²) in [5.41, 5.74) is 0. The Kier molecular flexibility index (Phi) is 5.22. The molecule has 0 spiro atoms. The smallest absolute Gasteiger partial charge is 0.138 e. The van der Waals surface area contributed by atoms with Crippen LogP contribution in [0.2, 0.25) is 0 Å². The molecule has 1 fully saturated rings. The summed E-state index contributed by atoms with van der Waals surface area (Å²) in [6, 6.07) is 0. The minimum absolute atomic E-state index is 0.253. The third-order valence-corrected chi connectivity index (χ3v) is 1.55. The van der Waals surface area contributed by atoms with Crippen molar-refractivity contribution >= 4 is 5.78 Å². The van der Waals surface area contributed by atoms with Crippen LogP contribution in [0.25, 0.3) is 0 Å². The van der Waals surface area contributed by atoms with E-state index < -0.39 is 0 Å². The van der Waals surface area contributed by atoms with Crippen LogP contribution in [0.3, 0.4) is 0 Å². The Morgan fingerprint density at radius 3 is 2.40 bits per heavy atom. The number of carbonyl (C=O) groups is 1. The molecule has 0 radical (unpaired) electrons. The number of carbonyl (C=O) groups excluding carboxylic acids is 1. The van der Waals surface area contributed by atoms with Gasteiger partial charge in [0.05, 0.1) is 0 Å². The summed E-state index contributed by atoms with van der Waals surface area (Å²) in [5.74, 6) is 0.660. The SMILES string of the molecule is CC.CC1CNCCC1=O. The van der Waals surface area contributed by atoms with Gasteiger partial charge < -0.3 is 5.32 Å². The number of hydrogen-bond donors (Lipinski definition) is 1. The summed E-state index contributed by atoms with van der Waals surface area (Å²) in [6.07, 6.45) is 0.723. The van der Waals surface area contributed by atoms with Gasteiger partial charge in [0.1, 0.15) is 5.78 Å². The zero-order valence-corrected chi connectivity index (χ0v) is 7.11. The molecule has 0 aromatic carbocycles. The average Bonchev–Trinajstić information content (AvgIpc) is 2.00. The van der Waals surface area contributed by atoms with Crippen molar-refractivity contribution in [1.29, 1.82) is 0 Å². The molecule has 1 unspecified atom stereocenters. The van der Waals surface area contributed by atoms with Crippen LogP contribution >= 0.6 is 0 Å². The standard InChI is InChI=1S/C6H11NO.C2H6/c1-5-4-7-3-2-6(5)8;1-2/h5,7H,2-4H2,1H3;1-2H3. The van der Waals surface area contributed by atoms with E-state index in [-0.39, 0.29) is 5.92 Å². The Morgan fingerprint density at radius 2 is 2.10 bits per heavy atom. The van der Waals surface area contributed by atoms with Gasteiger partial charge in [0.25, 0.3) is 0 Å². The van der Waals surface area contributed by atoms with E-state index in [1.54, 1.807) is 0 Å². The predicted molar refractivity (Wildman–Crippen MR) is 43.0 cm³/mol. The van der Waals surface area contributed by atoms with Crippen LogP contribution in [0.15, 0.2) is 0 Å². The number of ketones is 1. The molecule has 10 heavy (non-hydrogen) atoms. The van der Waals surface area contributed by atoms with Crippen LogP contribution in [-0.4, -0.2) is 18.9 Å². The fourth-order valence-corrected chi connectivity index (χ4v) is 0.890. The summed E-state index contributed by atoms with van der Waals surface area (Å²) in [4.78, 5) is 10.8. The van der Waals surface area contributed by atoms with Crippen molar-refractivity contribution in [3.63, 3.8) is 0 Å². The van der Waals surface area contributed by atoms with Crippen LogP contribution in [0.1, 0.15) is 27.2 Å². The minimum atomic E-state index is 0.253. The molecule has 1 rings (SSSR count). The second-order valence-electron chi connectivity index (χ2n) is 2.32. The topological polar surface area (TPSA) is 29.1 Å². The number of nitrogens with one attached hydrogen (secondary N) is 1. The summed E-state index contributed by atoms with van der Waals surface area (Å²) in [7, 11) is 0. The van der Waals surface area contributed by atoms with Gasteiger partial charge in [0.15, 0.2) is 0 Å². The highest BCUT2D eigenvalue weighted by molar-refractivity contribution is 5.81. The van der Waals surface area contributed by atoms with E-state index in [1.165, 1.54) is 0 Å². The first-order valence-corrected chi connectivity index (χ1v) is 4.04. The first-order valence-electron chi connectivity index (χ1n) is 4.04. The Morgan fingerprint density at radius 1 is 1.50 bits per heavy atom. The van der Waals surface area contributed by atoms with Gasteiger partial charge in [-0.15, -0.1) is 0 Å². The zero-order chi connectivity index (χ0) is 7.98. The Hall–Kier alpha value is -0.370. The second kappa shape index (κ2) is 5.42. The average molecular weight is 143 g/mol. The van der Waals surface area contributed by atoms with E-state index in [9.17, 15) is 4.79 Å². The summed E-state index contributed by atoms with van der Waals surface area (Å²) in [5, 5.41) is 3.14. The normalized spacial score (nSPS) is 25.1. The molecule has 1 heterocycles. The fraction of sp³-hybridized carbons (Fsp3) is 0.875. The van der Waals surface area contributed by atoms with E-state index in [4.69, 9.17) is 0 Å². The Bertz CT molecular complexity index is 101. The largest absolute Gasteiger partial charge is 0.316 e. The molecule has 1 aliphatic heterocycles. The lowest BCUT2D eigenvalue weighted by Gasteiger charge is -2.16. The lowest BCUT2D eigenvalue weighted by Crippen LogP contribution is -2.34. The van der Waals surface area contributed by atoms with Crippen molar-refractivity contribution in [1.82, 2.24) is 5.32 Å². The lowest BCUT2D eigenvalue weighted by molar-refractivity contribution is -0.123. The molecule has 0 aromatic rings. The third-order valence-electron chi connectivity index (χ3n) is 1.55. The number of piperidine rings is 1. The molecule has 1 saturated heterocycles. The van der Waals surface area contributed by atoms with Crippen LogP contribution in [0.4, 0.5) is 0 Å². The van der Waals surface area contributed by atoms with Crippen LogP contribution in [0.5, 0.6) is 0 Å². The van der Waals surface area contributed by atoms with Gasteiger partial charge in [-0.25, -0.2) is 0 Å². The quantitative estimate of drug-likeness (QED) is 0.552. The molecule has 2 nitrogen and oxygen atoms in total. The maximum absolute atomic E-state index is 10.8. The van der Waals surface area contributed by atoms with Crippen molar-refractivity contribution in [2.75, 3.05) is 13.1 Å². The highest BCUT2D eigenvalue weighted by Gasteiger charge is 2.15. The first-order chi connectivity index (χ1) is 4.80. The third kappa shape index (κ3) is 2.97. The summed E-state index contributed by atoms with van der Waals surface area (Å²) < 4.78 is 0. The molecular formula is C8H17NO. The van der Waals surface area contributed by atoms with E-state index in [2.05, 4.69) is 5.32 Å². The molecule has 2 heteroatoms. The van der Waals surface area contributed by atoms with Crippen molar-refractivity contribution < 1.29 is 4.79 Å². The van der Waals surface area contributed by atoms with Gasteiger partial charge in [-0.05, 0) is 0 Å². The second-order valence-corrected chi connectivity index (χ2v) is 2.32. The molecule has 0 saturated carbocycles. The van der Waals surface area contributed by atoms with Gasteiger partial charge in [0, 0.05) is 25.4 Å². The van der Waals surface area contributed by atoms with E-state index in [1.807, 2.05) is 20.8 Å². The molecule has 0 aromatic heterocycles. The van der Waals surface area contributed by atoms with E-state index in [0.29, 0.717) is 5.78 Å². The zero-order valence-electron chi connectivity index (χ0n) is 7.11. The minimum Gasteiger partial charge on any atom is -0.316 e. The first kappa shape index (κ1) is 9.63. The monoisotopic (exact) mass is 143 g/mol. The Labute approximate surface area is 63.0 Å². The van der Waals surface area contributed by atoms with Crippen molar-refractivity contribution in [3.8, 4) is 0 Å². The number of Topliss-reactive ketones (excluding diaryl/α,β-unsaturated/α-hetero) is 1. The number of hydrogen-bond acceptors (Lipinski definition) is 2. The molecule has 1 atom stereocenters. The van der Waals surface area contributed by atoms with Crippen molar-refractivity contribution in [3.05, 3.63) is 0 Å². The molecule has 1 N–H and O–H groups in total.